The van der Waals surface area contributed by atoms with E-state index in [9.17, 15) is 4.79 Å². The summed E-state index contributed by atoms with van der Waals surface area (Å²) in [6.07, 6.45) is 4.96. The molecule has 2 aromatic rings. The first-order valence-electron chi connectivity index (χ1n) is 6.05. The maximum Gasteiger partial charge on any atom is 0.158 e. The summed E-state index contributed by atoms with van der Waals surface area (Å²) < 4.78 is 0. The van der Waals surface area contributed by atoms with Crippen molar-refractivity contribution < 1.29 is 9.63 Å². The molecule has 1 atom stereocenters. The fourth-order valence-electron chi connectivity index (χ4n) is 2.06. The van der Waals surface area contributed by atoms with Crippen LogP contribution in [-0.4, -0.2) is 17.0 Å². The lowest BCUT2D eigenvalue weighted by atomic mass is 10.0. The highest BCUT2D eigenvalue weighted by atomic mass is 16.6. The molecule has 0 aliphatic carbocycles. The molecule has 0 fully saturated rings. The predicted molar refractivity (Wildman–Crippen MR) is 71.0 cm³/mol. The van der Waals surface area contributed by atoms with Gasteiger partial charge in [0.1, 0.15) is 6.29 Å². The van der Waals surface area contributed by atoms with Crippen molar-refractivity contribution >= 4 is 12.0 Å². The van der Waals surface area contributed by atoms with E-state index in [-0.39, 0.29) is 6.10 Å². The minimum atomic E-state index is -0.0798. The molecule has 0 spiro atoms. The average molecular weight is 252 g/mol. The Bertz CT molecular complexity index is 606. The van der Waals surface area contributed by atoms with Gasteiger partial charge in [-0.3, -0.25) is 9.78 Å². The number of aldehydes is 1. The third-order valence-electron chi connectivity index (χ3n) is 3.13. The standard InChI is InChI=1S/C15H12N2O2/c18-10-11-1-3-13(4-2-11)15-9-14(17-19-15)12-5-7-16-8-6-12/h1-8,10,15H,9H2. The van der Waals surface area contributed by atoms with Gasteiger partial charge < -0.3 is 4.84 Å². The van der Waals surface area contributed by atoms with Gasteiger partial charge in [-0.2, -0.15) is 0 Å². The minimum absolute atomic E-state index is 0.0798. The van der Waals surface area contributed by atoms with Crippen molar-refractivity contribution in [2.24, 2.45) is 5.16 Å². The second kappa shape index (κ2) is 5.02. The van der Waals surface area contributed by atoms with Crippen LogP contribution in [0.1, 0.15) is 34.0 Å². The monoisotopic (exact) mass is 252 g/mol. The highest BCUT2D eigenvalue weighted by molar-refractivity contribution is 6.01. The Kier molecular flexibility index (Phi) is 3.06. The maximum atomic E-state index is 10.6. The van der Waals surface area contributed by atoms with Crippen molar-refractivity contribution in [3.63, 3.8) is 0 Å². The first-order valence-corrected chi connectivity index (χ1v) is 6.05. The topological polar surface area (TPSA) is 51.5 Å². The Morgan fingerprint density at radius 2 is 1.84 bits per heavy atom. The van der Waals surface area contributed by atoms with Crippen LogP contribution in [0.2, 0.25) is 0 Å². The van der Waals surface area contributed by atoms with E-state index in [1.807, 2.05) is 24.3 Å². The van der Waals surface area contributed by atoms with Gasteiger partial charge in [-0.15, -0.1) is 0 Å². The van der Waals surface area contributed by atoms with Crippen molar-refractivity contribution in [1.82, 2.24) is 4.98 Å². The van der Waals surface area contributed by atoms with Crippen molar-refractivity contribution in [2.45, 2.75) is 12.5 Å². The highest BCUT2D eigenvalue weighted by Crippen LogP contribution is 2.29. The number of carbonyl (C=O) groups excluding carboxylic acids is 1. The summed E-state index contributed by atoms with van der Waals surface area (Å²) in [6, 6.07) is 11.2. The van der Waals surface area contributed by atoms with Crippen LogP contribution >= 0.6 is 0 Å². The van der Waals surface area contributed by atoms with Crippen LogP contribution in [0, 0.1) is 0 Å². The van der Waals surface area contributed by atoms with E-state index >= 15 is 0 Å². The zero-order valence-electron chi connectivity index (χ0n) is 10.2. The van der Waals surface area contributed by atoms with Crippen LogP contribution in [0.25, 0.3) is 0 Å². The van der Waals surface area contributed by atoms with Gasteiger partial charge in [0, 0.05) is 29.9 Å². The van der Waals surface area contributed by atoms with Crippen molar-refractivity contribution in [1.29, 1.82) is 0 Å². The molecule has 1 aromatic heterocycles. The number of carbonyl (C=O) groups is 1. The molecule has 3 rings (SSSR count). The normalized spacial score (nSPS) is 17.7. The van der Waals surface area contributed by atoms with Crippen LogP contribution in [0.5, 0.6) is 0 Å². The number of hydrogen-bond donors (Lipinski definition) is 0. The molecule has 4 nitrogen and oxygen atoms in total. The first kappa shape index (κ1) is 11.6. The van der Waals surface area contributed by atoms with Crippen molar-refractivity contribution in [3.05, 3.63) is 65.5 Å². The smallest absolute Gasteiger partial charge is 0.158 e. The molecular weight excluding hydrogens is 240 g/mol. The van der Waals surface area contributed by atoms with E-state index in [4.69, 9.17) is 4.84 Å². The van der Waals surface area contributed by atoms with E-state index in [1.54, 1.807) is 24.5 Å². The van der Waals surface area contributed by atoms with Gasteiger partial charge in [-0.1, -0.05) is 29.4 Å². The maximum absolute atomic E-state index is 10.6. The quantitative estimate of drug-likeness (QED) is 0.789. The zero-order chi connectivity index (χ0) is 13.1. The number of pyridine rings is 1. The molecule has 19 heavy (non-hydrogen) atoms. The Morgan fingerprint density at radius 1 is 1.11 bits per heavy atom. The molecule has 2 heterocycles. The van der Waals surface area contributed by atoms with Crippen molar-refractivity contribution in [3.8, 4) is 0 Å². The van der Waals surface area contributed by atoms with Gasteiger partial charge >= 0.3 is 0 Å². The van der Waals surface area contributed by atoms with E-state index in [2.05, 4.69) is 10.1 Å². The molecule has 0 radical (unpaired) electrons. The molecule has 1 aliphatic rings. The first-order chi connectivity index (χ1) is 9.36. The fourth-order valence-corrected chi connectivity index (χ4v) is 2.06. The fraction of sp³-hybridized carbons (Fsp3) is 0.133. The predicted octanol–water partition coefficient (Wildman–Crippen LogP) is 2.76. The van der Waals surface area contributed by atoms with Crippen LogP contribution in [0.4, 0.5) is 0 Å². The lowest BCUT2D eigenvalue weighted by molar-refractivity contribution is 0.0857. The lowest BCUT2D eigenvalue weighted by Crippen LogP contribution is -2.01. The number of benzene rings is 1. The molecule has 4 heteroatoms. The SMILES string of the molecule is O=Cc1ccc(C2CC(c3ccncc3)=NO2)cc1. The summed E-state index contributed by atoms with van der Waals surface area (Å²) in [7, 11) is 0. The molecule has 1 aromatic carbocycles. The summed E-state index contributed by atoms with van der Waals surface area (Å²) in [4.78, 5) is 20.1. The van der Waals surface area contributed by atoms with Gasteiger partial charge in [0.2, 0.25) is 0 Å². The van der Waals surface area contributed by atoms with Gasteiger partial charge in [0.25, 0.3) is 0 Å². The number of aromatic nitrogens is 1. The van der Waals surface area contributed by atoms with E-state index in [0.29, 0.717) is 5.56 Å². The van der Waals surface area contributed by atoms with E-state index < -0.39 is 0 Å². The molecule has 0 saturated carbocycles. The van der Waals surface area contributed by atoms with E-state index in [1.165, 1.54) is 0 Å². The summed E-state index contributed by atoms with van der Waals surface area (Å²) in [5, 5.41) is 4.13. The summed E-state index contributed by atoms with van der Waals surface area (Å²) in [6.45, 7) is 0. The second-order valence-corrected chi connectivity index (χ2v) is 4.36. The number of hydrogen-bond acceptors (Lipinski definition) is 4. The third-order valence-corrected chi connectivity index (χ3v) is 3.13. The summed E-state index contributed by atoms with van der Waals surface area (Å²) in [5.74, 6) is 0. The van der Waals surface area contributed by atoms with Crippen LogP contribution in [0.15, 0.2) is 53.9 Å². The summed E-state index contributed by atoms with van der Waals surface area (Å²) in [5.41, 5.74) is 3.64. The molecule has 0 bridgehead atoms. The van der Waals surface area contributed by atoms with Crippen LogP contribution < -0.4 is 0 Å². The lowest BCUT2D eigenvalue weighted by Gasteiger charge is -2.08. The zero-order valence-corrected chi connectivity index (χ0v) is 10.2. The molecule has 0 N–H and O–H groups in total. The van der Waals surface area contributed by atoms with Crippen molar-refractivity contribution in [2.75, 3.05) is 0 Å². The Morgan fingerprint density at radius 3 is 2.53 bits per heavy atom. The molecule has 1 aliphatic heterocycles. The minimum Gasteiger partial charge on any atom is -0.387 e. The average Bonchev–Trinajstić information content (AvgIpc) is 2.98. The van der Waals surface area contributed by atoms with Gasteiger partial charge in [0.05, 0.1) is 5.71 Å². The molecule has 94 valence electrons. The number of nitrogens with zero attached hydrogens (tertiary/aromatic N) is 2. The number of rotatable bonds is 3. The molecule has 0 amide bonds. The Balaban J connectivity index is 1.75. The highest BCUT2D eigenvalue weighted by Gasteiger charge is 2.23. The second-order valence-electron chi connectivity index (χ2n) is 4.36. The molecular formula is C15H12N2O2. The van der Waals surface area contributed by atoms with Gasteiger partial charge in [0.15, 0.2) is 6.10 Å². The van der Waals surface area contributed by atoms with Gasteiger partial charge in [-0.25, -0.2) is 0 Å². The number of oxime groups is 1. The molecule has 0 saturated heterocycles. The molecule has 1 unspecified atom stereocenters. The third kappa shape index (κ3) is 2.38. The van der Waals surface area contributed by atoms with E-state index in [0.717, 1.165) is 29.5 Å². The summed E-state index contributed by atoms with van der Waals surface area (Å²) >= 11 is 0. The van der Waals surface area contributed by atoms with Crippen LogP contribution in [0.3, 0.4) is 0 Å². The largest absolute Gasteiger partial charge is 0.387 e. The Labute approximate surface area is 110 Å². The van der Waals surface area contributed by atoms with Crippen LogP contribution in [-0.2, 0) is 4.84 Å². The Hall–Kier alpha value is -2.49. The van der Waals surface area contributed by atoms with Gasteiger partial charge in [-0.05, 0) is 17.7 Å².